The van der Waals surface area contributed by atoms with Gasteiger partial charge in [-0.2, -0.15) is 5.26 Å². The lowest BCUT2D eigenvalue weighted by Gasteiger charge is -2.38. The molecule has 1 aliphatic rings. The summed E-state index contributed by atoms with van der Waals surface area (Å²) in [5, 5.41) is 12.5. The van der Waals surface area contributed by atoms with Gasteiger partial charge in [0.25, 0.3) is 0 Å². The van der Waals surface area contributed by atoms with Crippen molar-refractivity contribution in [1.82, 2.24) is 5.32 Å². The Kier molecular flexibility index (Phi) is 8.28. The number of benzene rings is 2. The minimum absolute atomic E-state index is 0. The summed E-state index contributed by atoms with van der Waals surface area (Å²) in [5.74, 6) is 0.565. The Morgan fingerprint density at radius 3 is 2.53 bits per heavy atom. The third kappa shape index (κ3) is 5.13. The molecule has 0 spiro atoms. The quantitative estimate of drug-likeness (QED) is 0.692. The van der Waals surface area contributed by atoms with Crippen molar-refractivity contribution < 1.29 is 9.53 Å². The molecule has 0 aromatic heterocycles. The van der Waals surface area contributed by atoms with Crippen molar-refractivity contribution in [3.05, 3.63) is 53.6 Å². The van der Waals surface area contributed by atoms with Gasteiger partial charge < -0.3 is 15.8 Å². The Bertz CT molecular complexity index is 915. The summed E-state index contributed by atoms with van der Waals surface area (Å²) in [7, 11) is 1.97. The molecule has 1 saturated carbocycles. The summed E-state index contributed by atoms with van der Waals surface area (Å²) < 4.78 is 5.86. The number of carbonyl (C=O) groups excluding carboxylic acids is 1. The van der Waals surface area contributed by atoms with E-state index in [-0.39, 0.29) is 18.3 Å². The molecule has 2 aromatic rings. The van der Waals surface area contributed by atoms with Gasteiger partial charge in [0.2, 0.25) is 5.91 Å². The van der Waals surface area contributed by atoms with E-state index in [9.17, 15) is 10.1 Å². The third-order valence-electron chi connectivity index (χ3n) is 6.09. The maximum Gasteiger partial charge on any atom is 0.223 e. The number of rotatable bonds is 7. The number of hydrogen-bond donors (Lipinski definition) is 2. The molecule has 0 radical (unpaired) electrons. The highest BCUT2D eigenvalue weighted by Crippen LogP contribution is 2.41. The van der Waals surface area contributed by atoms with Gasteiger partial charge in [-0.05, 0) is 87.0 Å². The summed E-state index contributed by atoms with van der Waals surface area (Å²) >= 11 is 0. The van der Waals surface area contributed by atoms with Crippen molar-refractivity contribution >= 4 is 18.3 Å². The standard InChI is InChI=1S/C24H29N3O2.ClH/c1-3-29-22-8-7-19(18-6-4-5-17(13-18)16-25)14-20(22)15-24(23(26)28)11-9-21(27-2)10-12-24;/h4-8,13-14,21,27H,3,9-12,15H2,1-2H3,(H2,26,28);1H. The van der Waals surface area contributed by atoms with Crippen LogP contribution in [0, 0.1) is 16.7 Å². The molecule has 0 atom stereocenters. The highest BCUT2D eigenvalue weighted by molar-refractivity contribution is 5.85. The Morgan fingerprint density at radius 2 is 1.93 bits per heavy atom. The minimum atomic E-state index is -0.549. The van der Waals surface area contributed by atoms with Crippen LogP contribution in [-0.4, -0.2) is 25.6 Å². The number of nitrogens with zero attached hydrogens (tertiary/aromatic N) is 1. The minimum Gasteiger partial charge on any atom is -0.494 e. The first-order valence-corrected chi connectivity index (χ1v) is 10.2. The van der Waals surface area contributed by atoms with Crippen molar-refractivity contribution in [3.8, 4) is 22.9 Å². The van der Waals surface area contributed by atoms with Crippen LogP contribution in [0.1, 0.15) is 43.7 Å². The van der Waals surface area contributed by atoms with Crippen LogP contribution in [-0.2, 0) is 11.2 Å². The van der Waals surface area contributed by atoms with E-state index in [4.69, 9.17) is 10.5 Å². The van der Waals surface area contributed by atoms with E-state index in [1.807, 2.05) is 44.3 Å². The number of nitriles is 1. The van der Waals surface area contributed by atoms with Crippen molar-refractivity contribution in [2.24, 2.45) is 11.1 Å². The van der Waals surface area contributed by atoms with Gasteiger partial charge >= 0.3 is 0 Å². The van der Waals surface area contributed by atoms with Gasteiger partial charge in [-0.25, -0.2) is 0 Å². The number of amides is 1. The van der Waals surface area contributed by atoms with E-state index in [2.05, 4.69) is 17.5 Å². The average molecular weight is 428 g/mol. The monoisotopic (exact) mass is 427 g/mol. The molecule has 0 aliphatic heterocycles. The van der Waals surface area contributed by atoms with Crippen molar-refractivity contribution in [2.75, 3.05) is 13.7 Å². The van der Waals surface area contributed by atoms with Crippen molar-refractivity contribution in [1.29, 1.82) is 5.26 Å². The molecule has 1 aliphatic carbocycles. The number of carbonyl (C=O) groups is 1. The summed E-state index contributed by atoms with van der Waals surface area (Å²) in [4.78, 5) is 12.5. The van der Waals surface area contributed by atoms with E-state index in [0.29, 0.717) is 24.6 Å². The fraction of sp³-hybridized carbons (Fsp3) is 0.417. The molecule has 3 rings (SSSR count). The van der Waals surface area contributed by atoms with Crippen LogP contribution >= 0.6 is 12.4 Å². The molecular formula is C24H30ClN3O2. The molecular weight excluding hydrogens is 398 g/mol. The molecule has 0 unspecified atom stereocenters. The highest BCUT2D eigenvalue weighted by Gasteiger charge is 2.40. The second-order valence-electron chi connectivity index (χ2n) is 7.83. The molecule has 5 nitrogen and oxygen atoms in total. The molecule has 6 heteroatoms. The van der Waals surface area contributed by atoms with Gasteiger partial charge in [-0.1, -0.05) is 18.2 Å². The Hall–Kier alpha value is -2.55. The molecule has 2 aromatic carbocycles. The molecule has 3 N–H and O–H groups in total. The fourth-order valence-corrected chi connectivity index (χ4v) is 4.30. The Balaban J connectivity index is 0.00000320. The second kappa shape index (κ2) is 10.5. The smallest absolute Gasteiger partial charge is 0.223 e. The van der Waals surface area contributed by atoms with Crippen LogP contribution in [0.25, 0.3) is 11.1 Å². The van der Waals surface area contributed by atoms with E-state index in [1.54, 1.807) is 6.07 Å². The first-order valence-electron chi connectivity index (χ1n) is 10.2. The van der Waals surface area contributed by atoms with Gasteiger partial charge in [-0.3, -0.25) is 4.79 Å². The van der Waals surface area contributed by atoms with Crippen LogP contribution in [0.4, 0.5) is 0 Å². The lowest BCUT2D eigenvalue weighted by Crippen LogP contribution is -2.45. The third-order valence-corrected chi connectivity index (χ3v) is 6.09. The molecule has 0 saturated heterocycles. The highest BCUT2D eigenvalue weighted by atomic mass is 35.5. The van der Waals surface area contributed by atoms with Crippen LogP contribution in [0.15, 0.2) is 42.5 Å². The lowest BCUT2D eigenvalue weighted by atomic mass is 9.68. The predicted molar refractivity (Wildman–Crippen MR) is 122 cm³/mol. The lowest BCUT2D eigenvalue weighted by molar-refractivity contribution is -0.129. The number of nitrogens with one attached hydrogen (secondary N) is 1. The largest absolute Gasteiger partial charge is 0.494 e. The molecule has 1 fully saturated rings. The number of nitrogens with two attached hydrogens (primary N) is 1. The molecule has 1 amide bonds. The predicted octanol–water partition coefficient (Wildman–Crippen LogP) is 4.22. The molecule has 30 heavy (non-hydrogen) atoms. The Morgan fingerprint density at radius 1 is 1.23 bits per heavy atom. The summed E-state index contributed by atoms with van der Waals surface area (Å²) in [6.07, 6.45) is 3.99. The van der Waals surface area contributed by atoms with Gasteiger partial charge in [-0.15, -0.1) is 12.4 Å². The van der Waals surface area contributed by atoms with E-state index < -0.39 is 5.41 Å². The van der Waals surface area contributed by atoms with Crippen LogP contribution in [0.3, 0.4) is 0 Å². The van der Waals surface area contributed by atoms with Crippen molar-refractivity contribution in [3.63, 3.8) is 0 Å². The Labute approximate surface area is 185 Å². The SMILES string of the molecule is CCOc1ccc(-c2cccc(C#N)c2)cc1CC1(C(N)=O)CCC(NC)CC1.Cl. The van der Waals surface area contributed by atoms with Crippen LogP contribution in [0.5, 0.6) is 5.75 Å². The summed E-state index contributed by atoms with van der Waals surface area (Å²) in [6, 6.07) is 16.2. The second-order valence-corrected chi connectivity index (χ2v) is 7.83. The zero-order valence-electron chi connectivity index (χ0n) is 17.6. The number of ether oxygens (including phenoxy) is 1. The van der Waals surface area contributed by atoms with Gasteiger partial charge in [0.05, 0.1) is 23.7 Å². The van der Waals surface area contributed by atoms with Gasteiger partial charge in [0.1, 0.15) is 5.75 Å². The first kappa shape index (κ1) is 23.7. The number of primary amides is 1. The van der Waals surface area contributed by atoms with Gasteiger partial charge in [0.15, 0.2) is 0 Å². The first-order chi connectivity index (χ1) is 14.0. The molecule has 0 heterocycles. The van der Waals surface area contributed by atoms with E-state index in [0.717, 1.165) is 48.1 Å². The zero-order chi connectivity index (χ0) is 20.9. The number of halogens is 1. The van der Waals surface area contributed by atoms with Crippen LogP contribution in [0.2, 0.25) is 0 Å². The maximum atomic E-state index is 12.5. The topological polar surface area (TPSA) is 88.1 Å². The summed E-state index contributed by atoms with van der Waals surface area (Å²) in [6.45, 7) is 2.51. The number of hydrogen-bond acceptors (Lipinski definition) is 4. The van der Waals surface area contributed by atoms with Gasteiger partial charge in [0, 0.05) is 6.04 Å². The molecule has 0 bridgehead atoms. The van der Waals surface area contributed by atoms with Crippen LogP contribution < -0.4 is 15.8 Å². The van der Waals surface area contributed by atoms with E-state index >= 15 is 0 Å². The summed E-state index contributed by atoms with van der Waals surface area (Å²) in [5.41, 5.74) is 8.95. The maximum absolute atomic E-state index is 12.5. The zero-order valence-corrected chi connectivity index (χ0v) is 18.4. The molecule has 160 valence electrons. The fourth-order valence-electron chi connectivity index (χ4n) is 4.30. The normalized spacial score (nSPS) is 20.6. The van der Waals surface area contributed by atoms with E-state index in [1.165, 1.54) is 0 Å². The average Bonchev–Trinajstić information content (AvgIpc) is 2.75. The van der Waals surface area contributed by atoms with Crippen molar-refractivity contribution in [2.45, 2.75) is 45.1 Å².